The number of rotatable bonds is 7. The van der Waals surface area contributed by atoms with Crippen molar-refractivity contribution < 1.29 is 9.53 Å². The molecule has 1 atom stereocenters. The zero-order chi connectivity index (χ0) is 13.9. The average Bonchev–Trinajstić information content (AvgIpc) is 3.35. The molecule has 0 aromatic heterocycles. The molecule has 2 saturated carbocycles. The van der Waals surface area contributed by atoms with E-state index in [1.165, 1.54) is 39.3 Å². The second-order valence-electron chi connectivity index (χ2n) is 6.56. The molecule has 0 aromatic carbocycles. The first kappa shape index (κ1) is 14.3. The molecule has 3 rings (SSSR count). The summed E-state index contributed by atoms with van der Waals surface area (Å²) in [7, 11) is 1.48. The third-order valence-corrected chi connectivity index (χ3v) is 4.62. The molecule has 0 amide bonds. The number of ether oxygens (including phenoxy) is 1. The molecule has 0 bridgehead atoms. The van der Waals surface area contributed by atoms with Crippen LogP contribution in [0, 0.1) is 5.92 Å². The molecule has 0 radical (unpaired) electrons. The molecule has 0 aromatic rings. The molecular formula is C15H27N3O2. The summed E-state index contributed by atoms with van der Waals surface area (Å²) >= 11 is 0. The summed E-state index contributed by atoms with van der Waals surface area (Å²) in [6.07, 6.45) is 5.25. The van der Waals surface area contributed by atoms with Crippen LogP contribution >= 0.6 is 0 Å². The van der Waals surface area contributed by atoms with Gasteiger partial charge in [0.25, 0.3) is 0 Å². The van der Waals surface area contributed by atoms with Gasteiger partial charge in [-0.3, -0.25) is 9.69 Å². The Morgan fingerprint density at radius 2 is 1.80 bits per heavy atom. The Morgan fingerprint density at radius 3 is 2.35 bits per heavy atom. The van der Waals surface area contributed by atoms with E-state index in [4.69, 9.17) is 4.74 Å². The SMILES string of the molecule is COC(=O)C(CN1CCN(CC2CC2)CC1)NC1CC1. The molecule has 1 heterocycles. The van der Waals surface area contributed by atoms with Crippen molar-refractivity contribution in [3.63, 3.8) is 0 Å². The predicted octanol–water partition coefficient (Wildman–Crippen LogP) is 0.308. The fourth-order valence-corrected chi connectivity index (χ4v) is 2.95. The zero-order valence-electron chi connectivity index (χ0n) is 12.5. The molecule has 3 fully saturated rings. The number of hydrogen-bond donors (Lipinski definition) is 1. The number of nitrogens with zero attached hydrogens (tertiary/aromatic N) is 2. The van der Waals surface area contributed by atoms with Crippen LogP contribution in [0.1, 0.15) is 25.7 Å². The Labute approximate surface area is 121 Å². The van der Waals surface area contributed by atoms with E-state index in [9.17, 15) is 4.79 Å². The van der Waals surface area contributed by atoms with Crippen molar-refractivity contribution >= 4 is 5.97 Å². The highest BCUT2D eigenvalue weighted by molar-refractivity contribution is 5.76. The molecule has 3 aliphatic rings. The second kappa shape index (κ2) is 6.41. The van der Waals surface area contributed by atoms with Crippen molar-refractivity contribution in [1.82, 2.24) is 15.1 Å². The Morgan fingerprint density at radius 1 is 1.15 bits per heavy atom. The van der Waals surface area contributed by atoms with Crippen molar-refractivity contribution in [2.45, 2.75) is 37.8 Å². The van der Waals surface area contributed by atoms with Crippen LogP contribution in [0.15, 0.2) is 0 Å². The largest absolute Gasteiger partial charge is 0.468 e. The highest BCUT2D eigenvalue weighted by Gasteiger charge is 2.32. The minimum absolute atomic E-state index is 0.114. The molecule has 1 aliphatic heterocycles. The molecule has 1 unspecified atom stereocenters. The normalized spacial score (nSPS) is 26.4. The van der Waals surface area contributed by atoms with Gasteiger partial charge in [-0.25, -0.2) is 0 Å². The molecule has 1 saturated heterocycles. The van der Waals surface area contributed by atoms with E-state index in [1.54, 1.807) is 0 Å². The number of esters is 1. The van der Waals surface area contributed by atoms with Gasteiger partial charge in [-0.15, -0.1) is 0 Å². The first-order valence-corrected chi connectivity index (χ1v) is 8.03. The van der Waals surface area contributed by atoms with Crippen LogP contribution in [-0.2, 0) is 9.53 Å². The fourth-order valence-electron chi connectivity index (χ4n) is 2.95. The summed E-state index contributed by atoms with van der Waals surface area (Å²) in [4.78, 5) is 16.8. The van der Waals surface area contributed by atoms with E-state index in [0.717, 1.165) is 38.6 Å². The Bertz CT molecular complexity index is 334. The van der Waals surface area contributed by atoms with Crippen LogP contribution in [-0.4, -0.2) is 74.2 Å². The lowest BCUT2D eigenvalue weighted by atomic mass is 10.2. The topological polar surface area (TPSA) is 44.8 Å². The van der Waals surface area contributed by atoms with Gasteiger partial charge in [0.1, 0.15) is 6.04 Å². The summed E-state index contributed by atoms with van der Waals surface area (Å²) in [6.45, 7) is 6.52. The number of methoxy groups -OCH3 is 1. The first-order chi connectivity index (χ1) is 9.74. The van der Waals surface area contributed by atoms with Crippen LogP contribution in [0.3, 0.4) is 0 Å². The smallest absolute Gasteiger partial charge is 0.324 e. The van der Waals surface area contributed by atoms with E-state index >= 15 is 0 Å². The van der Waals surface area contributed by atoms with E-state index in [2.05, 4.69) is 15.1 Å². The minimum Gasteiger partial charge on any atom is -0.468 e. The lowest BCUT2D eigenvalue weighted by Gasteiger charge is -2.36. The maximum absolute atomic E-state index is 11.8. The zero-order valence-corrected chi connectivity index (χ0v) is 12.5. The summed E-state index contributed by atoms with van der Waals surface area (Å²) in [6, 6.07) is 0.387. The molecule has 1 N–H and O–H groups in total. The van der Waals surface area contributed by atoms with Gasteiger partial charge < -0.3 is 15.0 Å². The molecule has 5 heteroatoms. The van der Waals surface area contributed by atoms with Gasteiger partial charge in [0.2, 0.25) is 0 Å². The van der Waals surface area contributed by atoms with Crippen molar-refractivity contribution in [2.75, 3.05) is 46.4 Å². The monoisotopic (exact) mass is 281 g/mol. The summed E-state index contributed by atoms with van der Waals surface area (Å²) in [5.41, 5.74) is 0. The summed E-state index contributed by atoms with van der Waals surface area (Å²) in [5, 5.41) is 3.41. The van der Waals surface area contributed by atoms with E-state index in [1.807, 2.05) is 0 Å². The van der Waals surface area contributed by atoms with Crippen molar-refractivity contribution in [3.8, 4) is 0 Å². The number of carbonyl (C=O) groups is 1. The van der Waals surface area contributed by atoms with E-state index in [0.29, 0.717) is 6.04 Å². The second-order valence-corrected chi connectivity index (χ2v) is 6.56. The van der Waals surface area contributed by atoms with Crippen molar-refractivity contribution in [3.05, 3.63) is 0 Å². The number of piperazine rings is 1. The van der Waals surface area contributed by atoms with Crippen LogP contribution in [0.2, 0.25) is 0 Å². The third-order valence-electron chi connectivity index (χ3n) is 4.62. The summed E-state index contributed by atoms with van der Waals surface area (Å²) in [5.74, 6) is 0.859. The van der Waals surface area contributed by atoms with Gasteiger partial charge in [0.05, 0.1) is 7.11 Å². The fraction of sp³-hybridized carbons (Fsp3) is 0.933. The number of nitrogens with one attached hydrogen (secondary N) is 1. The molecule has 20 heavy (non-hydrogen) atoms. The highest BCUT2D eigenvalue weighted by atomic mass is 16.5. The van der Waals surface area contributed by atoms with E-state index < -0.39 is 0 Å². The quantitative estimate of drug-likeness (QED) is 0.680. The number of carbonyl (C=O) groups excluding carboxylic acids is 1. The molecule has 5 nitrogen and oxygen atoms in total. The van der Waals surface area contributed by atoms with Crippen LogP contribution in [0.4, 0.5) is 0 Å². The van der Waals surface area contributed by atoms with Crippen molar-refractivity contribution in [1.29, 1.82) is 0 Å². The summed E-state index contributed by atoms with van der Waals surface area (Å²) < 4.78 is 4.93. The maximum atomic E-state index is 11.8. The predicted molar refractivity (Wildman–Crippen MR) is 77.6 cm³/mol. The van der Waals surface area contributed by atoms with Gasteiger partial charge in [0.15, 0.2) is 0 Å². The molecule has 2 aliphatic carbocycles. The molecule has 114 valence electrons. The third kappa shape index (κ3) is 4.17. The van der Waals surface area contributed by atoms with Crippen molar-refractivity contribution in [2.24, 2.45) is 5.92 Å². The van der Waals surface area contributed by atoms with Gasteiger partial charge in [0, 0.05) is 45.3 Å². The average molecular weight is 281 g/mol. The van der Waals surface area contributed by atoms with Gasteiger partial charge in [-0.05, 0) is 31.6 Å². The Kier molecular flexibility index (Phi) is 4.58. The lowest BCUT2D eigenvalue weighted by Crippen LogP contribution is -2.53. The van der Waals surface area contributed by atoms with Crippen LogP contribution < -0.4 is 5.32 Å². The van der Waals surface area contributed by atoms with Gasteiger partial charge in [-0.2, -0.15) is 0 Å². The lowest BCUT2D eigenvalue weighted by molar-refractivity contribution is -0.143. The number of hydrogen-bond acceptors (Lipinski definition) is 5. The van der Waals surface area contributed by atoms with E-state index in [-0.39, 0.29) is 12.0 Å². The first-order valence-electron chi connectivity index (χ1n) is 8.03. The Hall–Kier alpha value is -0.650. The van der Waals surface area contributed by atoms with Gasteiger partial charge >= 0.3 is 5.97 Å². The molecular weight excluding hydrogens is 254 g/mol. The molecule has 0 spiro atoms. The van der Waals surface area contributed by atoms with Gasteiger partial charge in [-0.1, -0.05) is 0 Å². The van der Waals surface area contributed by atoms with Crippen LogP contribution in [0.25, 0.3) is 0 Å². The highest BCUT2D eigenvalue weighted by Crippen LogP contribution is 2.29. The Balaban J connectivity index is 1.42. The standard InChI is InChI=1S/C15H27N3O2/c1-20-15(19)14(16-13-4-5-13)11-18-8-6-17(7-9-18)10-12-2-3-12/h12-14,16H,2-11H2,1H3. The maximum Gasteiger partial charge on any atom is 0.324 e. The van der Waals surface area contributed by atoms with Crippen LogP contribution in [0.5, 0.6) is 0 Å². The minimum atomic E-state index is -0.150.